The Balaban J connectivity index is 0. The van der Waals surface area contributed by atoms with Crippen molar-refractivity contribution in [1.29, 1.82) is 0 Å². The van der Waals surface area contributed by atoms with E-state index in [1.54, 1.807) is 0 Å². The topological polar surface area (TPSA) is 63.3 Å². The number of allylic oxidation sites excluding steroid dienone is 1. The summed E-state index contributed by atoms with van der Waals surface area (Å²) >= 11 is 0. The lowest BCUT2D eigenvalue weighted by Gasteiger charge is -1.93. The molecule has 0 aliphatic heterocycles. The third-order valence-corrected chi connectivity index (χ3v) is 0.855. The van der Waals surface area contributed by atoms with Crippen LogP contribution in [-0.2, 0) is 4.79 Å². The van der Waals surface area contributed by atoms with E-state index in [-0.39, 0.29) is 0 Å². The molecule has 0 aliphatic rings. The van der Waals surface area contributed by atoms with Crippen LogP contribution >= 0.6 is 0 Å². The average molecular weight is 199 g/mol. The van der Waals surface area contributed by atoms with Gasteiger partial charge in [-0.25, -0.2) is 4.79 Å². The number of hydrogen-bond acceptors (Lipinski definition) is 2. The van der Waals surface area contributed by atoms with Crippen molar-refractivity contribution in [2.45, 2.75) is 19.0 Å². The Morgan fingerprint density at radius 2 is 1.92 bits per heavy atom. The van der Waals surface area contributed by atoms with Crippen molar-refractivity contribution in [3.63, 3.8) is 0 Å². The van der Waals surface area contributed by atoms with Crippen molar-refractivity contribution in [1.82, 2.24) is 0 Å². The monoisotopic (exact) mass is 199 g/mol. The molecule has 0 atom stereocenters. The maximum atomic E-state index is 10.6. The number of alkyl halides is 3. The van der Waals surface area contributed by atoms with Crippen LogP contribution < -0.4 is 5.73 Å². The fraction of sp³-hybridized carbons (Fsp3) is 0.571. The zero-order chi connectivity index (χ0) is 10.9. The van der Waals surface area contributed by atoms with E-state index in [4.69, 9.17) is 15.6 Å². The van der Waals surface area contributed by atoms with Crippen molar-refractivity contribution in [2.75, 3.05) is 6.54 Å². The summed E-state index contributed by atoms with van der Waals surface area (Å²) in [6, 6.07) is 0. The van der Waals surface area contributed by atoms with Gasteiger partial charge in [-0.05, 0) is 19.4 Å². The summed E-state index contributed by atoms with van der Waals surface area (Å²) in [7, 11) is 0. The molecule has 0 unspecified atom stereocenters. The molecule has 0 spiro atoms. The molecule has 0 saturated heterocycles. The van der Waals surface area contributed by atoms with Crippen LogP contribution in [0.5, 0.6) is 0 Å². The molecule has 0 radical (unpaired) electrons. The molecule has 0 fully saturated rings. The first kappa shape index (κ1) is 14.5. The van der Waals surface area contributed by atoms with Gasteiger partial charge < -0.3 is 10.8 Å². The van der Waals surface area contributed by atoms with Gasteiger partial charge >= 0.3 is 12.1 Å². The standard InChI is InChI=1S/C5H11N.C2HF3O2/c1-2-3-4-5-6;3-2(4,5)1(6)7/h2H,1,3-6H2;(H,6,7). The molecule has 13 heavy (non-hydrogen) atoms. The second-order valence-corrected chi connectivity index (χ2v) is 2.02. The number of rotatable bonds is 3. The summed E-state index contributed by atoms with van der Waals surface area (Å²) in [6.45, 7) is 4.33. The molecule has 0 saturated carbocycles. The smallest absolute Gasteiger partial charge is 0.475 e. The van der Waals surface area contributed by atoms with Crippen LogP contribution in [0.2, 0.25) is 0 Å². The maximum absolute atomic E-state index is 10.6. The van der Waals surface area contributed by atoms with Crippen LogP contribution in [0.1, 0.15) is 12.8 Å². The van der Waals surface area contributed by atoms with Gasteiger partial charge in [-0.3, -0.25) is 0 Å². The first-order valence-electron chi connectivity index (χ1n) is 3.47. The number of hydrogen-bond donors (Lipinski definition) is 2. The summed E-state index contributed by atoms with van der Waals surface area (Å²) in [6.07, 6.45) is -1.08. The Morgan fingerprint density at radius 1 is 1.54 bits per heavy atom. The van der Waals surface area contributed by atoms with Gasteiger partial charge in [0.2, 0.25) is 0 Å². The highest BCUT2D eigenvalue weighted by Gasteiger charge is 2.38. The van der Waals surface area contributed by atoms with E-state index in [0.29, 0.717) is 0 Å². The summed E-state index contributed by atoms with van der Waals surface area (Å²) in [5.74, 6) is -2.76. The molecule has 0 aliphatic carbocycles. The third-order valence-electron chi connectivity index (χ3n) is 0.855. The highest BCUT2D eigenvalue weighted by atomic mass is 19.4. The highest BCUT2D eigenvalue weighted by Crippen LogP contribution is 2.13. The van der Waals surface area contributed by atoms with E-state index >= 15 is 0 Å². The van der Waals surface area contributed by atoms with Crippen LogP contribution in [0, 0.1) is 0 Å². The number of unbranched alkanes of at least 4 members (excludes halogenated alkanes) is 1. The zero-order valence-corrected chi connectivity index (χ0v) is 6.97. The third kappa shape index (κ3) is 13.9. The SMILES string of the molecule is C=CCCCN.O=C(O)C(F)(F)F. The summed E-state index contributed by atoms with van der Waals surface area (Å²) in [4.78, 5) is 8.90. The average Bonchev–Trinajstić information content (AvgIpc) is 2.00. The number of carboxylic acid groups (broad SMARTS) is 1. The number of aliphatic carboxylic acids is 1. The number of carboxylic acids is 1. The fourth-order valence-electron chi connectivity index (χ4n) is 0.262. The summed E-state index contributed by atoms with van der Waals surface area (Å²) in [5.41, 5.74) is 5.17. The van der Waals surface area contributed by atoms with Gasteiger partial charge in [0.15, 0.2) is 0 Å². The van der Waals surface area contributed by atoms with E-state index < -0.39 is 12.1 Å². The van der Waals surface area contributed by atoms with Crippen molar-refractivity contribution < 1.29 is 23.1 Å². The molecule has 0 aromatic carbocycles. The highest BCUT2D eigenvalue weighted by molar-refractivity contribution is 5.73. The summed E-state index contributed by atoms with van der Waals surface area (Å²) < 4.78 is 31.7. The molecule has 78 valence electrons. The molecule has 3 nitrogen and oxygen atoms in total. The van der Waals surface area contributed by atoms with Gasteiger partial charge in [0.25, 0.3) is 0 Å². The van der Waals surface area contributed by atoms with E-state index in [9.17, 15) is 13.2 Å². The molecule has 6 heteroatoms. The van der Waals surface area contributed by atoms with Crippen LogP contribution in [0.4, 0.5) is 13.2 Å². The number of halogens is 3. The minimum Gasteiger partial charge on any atom is -0.475 e. The fourth-order valence-corrected chi connectivity index (χ4v) is 0.262. The molecule has 3 N–H and O–H groups in total. The van der Waals surface area contributed by atoms with Gasteiger partial charge in [0, 0.05) is 0 Å². The first-order chi connectivity index (χ1) is 5.86. The second kappa shape index (κ2) is 7.60. The van der Waals surface area contributed by atoms with Crippen molar-refractivity contribution in [2.24, 2.45) is 5.73 Å². The molecule has 0 aromatic heterocycles. The Kier molecular flexibility index (Phi) is 8.47. The first-order valence-corrected chi connectivity index (χ1v) is 3.47. The molecule has 0 rings (SSSR count). The van der Waals surface area contributed by atoms with E-state index in [0.717, 1.165) is 19.4 Å². The second-order valence-electron chi connectivity index (χ2n) is 2.02. The zero-order valence-electron chi connectivity index (χ0n) is 6.97. The van der Waals surface area contributed by atoms with E-state index in [1.165, 1.54) is 0 Å². The van der Waals surface area contributed by atoms with E-state index in [1.807, 2.05) is 6.08 Å². The van der Waals surface area contributed by atoms with Crippen molar-refractivity contribution >= 4 is 5.97 Å². The van der Waals surface area contributed by atoms with Crippen LogP contribution in [0.25, 0.3) is 0 Å². The lowest BCUT2D eigenvalue weighted by Crippen LogP contribution is -2.21. The molecule has 0 amide bonds. The predicted molar refractivity (Wildman–Crippen MR) is 42.2 cm³/mol. The van der Waals surface area contributed by atoms with E-state index in [2.05, 4.69) is 6.58 Å². The molecule has 0 heterocycles. The predicted octanol–water partition coefficient (Wildman–Crippen LogP) is 1.54. The van der Waals surface area contributed by atoms with Crippen molar-refractivity contribution in [3.05, 3.63) is 12.7 Å². The Morgan fingerprint density at radius 3 is 2.00 bits per heavy atom. The Bertz CT molecular complexity index is 156. The molecular weight excluding hydrogens is 187 g/mol. The molecule has 0 aromatic rings. The number of carbonyl (C=O) groups is 1. The van der Waals surface area contributed by atoms with Crippen LogP contribution in [0.15, 0.2) is 12.7 Å². The largest absolute Gasteiger partial charge is 0.490 e. The minimum atomic E-state index is -5.08. The number of nitrogens with two attached hydrogens (primary N) is 1. The Hall–Kier alpha value is -1.04. The van der Waals surface area contributed by atoms with Crippen LogP contribution in [-0.4, -0.2) is 23.8 Å². The van der Waals surface area contributed by atoms with Gasteiger partial charge in [-0.15, -0.1) is 6.58 Å². The molecule has 0 bridgehead atoms. The van der Waals surface area contributed by atoms with Gasteiger partial charge in [-0.2, -0.15) is 13.2 Å². The minimum absolute atomic E-state index is 0.784. The lowest BCUT2D eigenvalue weighted by molar-refractivity contribution is -0.192. The Labute approximate surface area is 74.0 Å². The molecular formula is C7H12F3NO2. The van der Waals surface area contributed by atoms with Crippen molar-refractivity contribution in [3.8, 4) is 0 Å². The van der Waals surface area contributed by atoms with Gasteiger partial charge in [-0.1, -0.05) is 6.08 Å². The maximum Gasteiger partial charge on any atom is 0.490 e. The lowest BCUT2D eigenvalue weighted by atomic mass is 10.3. The van der Waals surface area contributed by atoms with Gasteiger partial charge in [0.05, 0.1) is 0 Å². The summed E-state index contributed by atoms with van der Waals surface area (Å²) in [5, 5.41) is 7.12. The quantitative estimate of drug-likeness (QED) is 0.535. The van der Waals surface area contributed by atoms with Crippen LogP contribution in [0.3, 0.4) is 0 Å². The van der Waals surface area contributed by atoms with Gasteiger partial charge in [0.1, 0.15) is 0 Å². The normalized spacial score (nSPS) is 9.85.